The standard InChI is InChI=1S/C13H17FN2O2/c14-11-3-1-10(2-4-11)13(17)16-7-8-18-12(9-16)5-6-15/h1-4,12H,5-9,15H2. The van der Waals surface area contributed by atoms with Crippen molar-refractivity contribution in [3.8, 4) is 0 Å². The van der Waals surface area contributed by atoms with Gasteiger partial charge in [0, 0.05) is 18.7 Å². The van der Waals surface area contributed by atoms with E-state index in [0.29, 0.717) is 31.8 Å². The summed E-state index contributed by atoms with van der Waals surface area (Å²) in [6.07, 6.45) is 0.751. The molecule has 0 radical (unpaired) electrons. The van der Waals surface area contributed by atoms with Gasteiger partial charge in [-0.25, -0.2) is 4.39 Å². The minimum Gasteiger partial charge on any atom is -0.374 e. The lowest BCUT2D eigenvalue weighted by molar-refractivity contribution is -0.0236. The van der Waals surface area contributed by atoms with Gasteiger partial charge in [0.2, 0.25) is 0 Å². The highest BCUT2D eigenvalue weighted by atomic mass is 19.1. The molecule has 18 heavy (non-hydrogen) atoms. The van der Waals surface area contributed by atoms with Crippen molar-refractivity contribution in [2.45, 2.75) is 12.5 Å². The SMILES string of the molecule is NCCC1CN(C(=O)c2ccc(F)cc2)CCO1. The van der Waals surface area contributed by atoms with Gasteiger partial charge in [-0.2, -0.15) is 0 Å². The van der Waals surface area contributed by atoms with Crippen LogP contribution in [0.2, 0.25) is 0 Å². The number of hydrogen-bond donors (Lipinski definition) is 1. The Labute approximate surface area is 106 Å². The minimum atomic E-state index is -0.338. The molecule has 1 saturated heterocycles. The van der Waals surface area contributed by atoms with E-state index < -0.39 is 0 Å². The summed E-state index contributed by atoms with van der Waals surface area (Å²) in [6, 6.07) is 5.60. The Balaban J connectivity index is 2.02. The van der Waals surface area contributed by atoms with E-state index in [0.717, 1.165) is 6.42 Å². The molecule has 1 aromatic rings. The maximum Gasteiger partial charge on any atom is 0.254 e. The molecule has 1 aromatic carbocycles. The molecule has 1 aliphatic heterocycles. The lowest BCUT2D eigenvalue weighted by Gasteiger charge is -2.32. The van der Waals surface area contributed by atoms with Gasteiger partial charge >= 0.3 is 0 Å². The molecule has 1 amide bonds. The fourth-order valence-electron chi connectivity index (χ4n) is 2.04. The first-order valence-corrected chi connectivity index (χ1v) is 6.07. The van der Waals surface area contributed by atoms with Crippen LogP contribution in [0.4, 0.5) is 4.39 Å². The van der Waals surface area contributed by atoms with Crippen molar-refractivity contribution in [2.75, 3.05) is 26.2 Å². The molecule has 1 aliphatic rings. The van der Waals surface area contributed by atoms with E-state index in [1.807, 2.05) is 0 Å². The van der Waals surface area contributed by atoms with E-state index in [1.165, 1.54) is 24.3 Å². The number of carbonyl (C=O) groups excluding carboxylic acids is 1. The monoisotopic (exact) mass is 252 g/mol. The summed E-state index contributed by atoms with van der Waals surface area (Å²) < 4.78 is 18.3. The molecule has 2 rings (SSSR count). The lowest BCUT2D eigenvalue weighted by Crippen LogP contribution is -2.46. The summed E-state index contributed by atoms with van der Waals surface area (Å²) >= 11 is 0. The van der Waals surface area contributed by atoms with Crippen molar-refractivity contribution in [2.24, 2.45) is 5.73 Å². The third-order valence-electron chi connectivity index (χ3n) is 3.01. The van der Waals surface area contributed by atoms with E-state index in [2.05, 4.69) is 0 Å². The average molecular weight is 252 g/mol. The van der Waals surface area contributed by atoms with Crippen LogP contribution in [-0.4, -0.2) is 43.2 Å². The van der Waals surface area contributed by atoms with Gasteiger partial charge in [0.1, 0.15) is 5.82 Å². The largest absolute Gasteiger partial charge is 0.374 e. The van der Waals surface area contributed by atoms with Crippen molar-refractivity contribution in [3.63, 3.8) is 0 Å². The van der Waals surface area contributed by atoms with Crippen LogP contribution in [0.3, 0.4) is 0 Å². The molecule has 4 nitrogen and oxygen atoms in total. The number of carbonyl (C=O) groups is 1. The molecule has 0 aliphatic carbocycles. The normalized spacial score (nSPS) is 19.9. The predicted octanol–water partition coefficient (Wildman–Crippen LogP) is 1.02. The number of morpholine rings is 1. The van der Waals surface area contributed by atoms with Gasteiger partial charge in [-0.15, -0.1) is 0 Å². The molecule has 5 heteroatoms. The van der Waals surface area contributed by atoms with Crippen LogP contribution in [0.25, 0.3) is 0 Å². The third-order valence-corrected chi connectivity index (χ3v) is 3.01. The average Bonchev–Trinajstić information content (AvgIpc) is 2.39. The minimum absolute atomic E-state index is 0.00754. The van der Waals surface area contributed by atoms with Crippen LogP contribution in [0.5, 0.6) is 0 Å². The Hall–Kier alpha value is -1.46. The van der Waals surface area contributed by atoms with Crippen LogP contribution in [-0.2, 0) is 4.74 Å². The summed E-state index contributed by atoms with van der Waals surface area (Å²) in [5.74, 6) is -0.421. The van der Waals surface area contributed by atoms with Gasteiger partial charge in [0.05, 0.1) is 12.7 Å². The first-order chi connectivity index (χ1) is 8.70. The molecule has 1 fully saturated rings. The molecule has 0 bridgehead atoms. The molecule has 0 spiro atoms. The van der Waals surface area contributed by atoms with Crippen molar-refractivity contribution in [1.82, 2.24) is 4.90 Å². The summed E-state index contributed by atoms with van der Waals surface area (Å²) in [7, 11) is 0. The van der Waals surface area contributed by atoms with Crippen LogP contribution < -0.4 is 5.73 Å². The fraction of sp³-hybridized carbons (Fsp3) is 0.462. The number of rotatable bonds is 3. The summed E-state index contributed by atoms with van der Waals surface area (Å²) in [6.45, 7) is 2.19. The Morgan fingerprint density at radius 1 is 1.44 bits per heavy atom. The van der Waals surface area contributed by atoms with Crippen LogP contribution in [0.1, 0.15) is 16.8 Å². The van der Waals surface area contributed by atoms with E-state index in [1.54, 1.807) is 4.90 Å². The van der Waals surface area contributed by atoms with Crippen molar-refractivity contribution in [1.29, 1.82) is 0 Å². The van der Waals surface area contributed by atoms with Crippen molar-refractivity contribution >= 4 is 5.91 Å². The Bertz CT molecular complexity index is 406. The maximum absolute atomic E-state index is 12.8. The zero-order valence-electron chi connectivity index (χ0n) is 10.1. The molecular formula is C13H17FN2O2. The van der Waals surface area contributed by atoms with Crippen LogP contribution in [0, 0.1) is 5.82 Å². The van der Waals surface area contributed by atoms with Gasteiger partial charge in [-0.05, 0) is 37.2 Å². The summed E-state index contributed by atoms with van der Waals surface area (Å²) in [5, 5.41) is 0. The Kier molecular flexibility index (Phi) is 4.28. The highest BCUT2D eigenvalue weighted by Crippen LogP contribution is 2.12. The molecule has 1 atom stereocenters. The number of amides is 1. The number of nitrogens with zero attached hydrogens (tertiary/aromatic N) is 1. The van der Waals surface area contributed by atoms with Gasteiger partial charge < -0.3 is 15.4 Å². The zero-order valence-corrected chi connectivity index (χ0v) is 10.1. The van der Waals surface area contributed by atoms with E-state index >= 15 is 0 Å². The molecule has 0 aromatic heterocycles. The van der Waals surface area contributed by atoms with Crippen molar-refractivity contribution in [3.05, 3.63) is 35.6 Å². The highest BCUT2D eigenvalue weighted by Gasteiger charge is 2.24. The number of nitrogens with two attached hydrogens (primary N) is 1. The van der Waals surface area contributed by atoms with Gasteiger partial charge in [-0.1, -0.05) is 0 Å². The molecule has 98 valence electrons. The molecule has 0 saturated carbocycles. The van der Waals surface area contributed by atoms with Crippen LogP contribution >= 0.6 is 0 Å². The number of benzene rings is 1. The summed E-state index contributed by atoms with van der Waals surface area (Å²) in [4.78, 5) is 13.9. The second-order valence-electron chi connectivity index (χ2n) is 4.33. The topological polar surface area (TPSA) is 55.6 Å². The second kappa shape index (κ2) is 5.93. The fourth-order valence-corrected chi connectivity index (χ4v) is 2.04. The molecular weight excluding hydrogens is 235 g/mol. The number of halogens is 1. The predicted molar refractivity (Wildman–Crippen MR) is 65.7 cm³/mol. The first-order valence-electron chi connectivity index (χ1n) is 6.07. The highest BCUT2D eigenvalue weighted by molar-refractivity contribution is 5.94. The lowest BCUT2D eigenvalue weighted by atomic mass is 10.1. The smallest absolute Gasteiger partial charge is 0.254 e. The van der Waals surface area contributed by atoms with Gasteiger partial charge in [0.25, 0.3) is 5.91 Å². The van der Waals surface area contributed by atoms with E-state index in [-0.39, 0.29) is 17.8 Å². The van der Waals surface area contributed by atoms with E-state index in [9.17, 15) is 9.18 Å². The Morgan fingerprint density at radius 2 is 2.17 bits per heavy atom. The molecule has 1 unspecified atom stereocenters. The second-order valence-corrected chi connectivity index (χ2v) is 4.33. The number of ether oxygens (including phenoxy) is 1. The summed E-state index contributed by atoms with van der Waals surface area (Å²) in [5.41, 5.74) is 5.99. The van der Waals surface area contributed by atoms with Crippen LogP contribution in [0.15, 0.2) is 24.3 Å². The van der Waals surface area contributed by atoms with E-state index in [4.69, 9.17) is 10.5 Å². The van der Waals surface area contributed by atoms with Gasteiger partial charge in [0.15, 0.2) is 0 Å². The number of hydrogen-bond acceptors (Lipinski definition) is 3. The maximum atomic E-state index is 12.8. The quantitative estimate of drug-likeness (QED) is 0.873. The van der Waals surface area contributed by atoms with Gasteiger partial charge in [-0.3, -0.25) is 4.79 Å². The zero-order chi connectivity index (χ0) is 13.0. The Morgan fingerprint density at radius 3 is 2.83 bits per heavy atom. The third kappa shape index (κ3) is 3.05. The molecule has 2 N–H and O–H groups in total. The van der Waals surface area contributed by atoms with Crippen molar-refractivity contribution < 1.29 is 13.9 Å². The first kappa shape index (κ1) is 13.0. The molecule has 1 heterocycles.